The number of hydrogen-bond donors (Lipinski definition) is 3. The largest absolute Gasteiger partial charge is 0.472 e. The van der Waals surface area contributed by atoms with Crippen LogP contribution in [0.2, 0.25) is 0 Å². The summed E-state index contributed by atoms with van der Waals surface area (Å²) in [6, 6.07) is 0. The number of unbranched alkanes of at least 4 members (excludes halogenated alkanes) is 29. The third-order valence-corrected chi connectivity index (χ3v) is 16.9. The molecular weight excluding hydrogens is 1100 g/mol. The minimum Gasteiger partial charge on any atom is -0.462 e. The maximum atomic E-state index is 13.0. The smallest absolute Gasteiger partial charge is 0.462 e. The fourth-order valence-electron chi connectivity index (χ4n) is 9.45. The summed E-state index contributed by atoms with van der Waals surface area (Å²) in [5.74, 6) is 0.0716. The lowest BCUT2D eigenvalue weighted by atomic mass is 10.00. The van der Waals surface area contributed by atoms with Gasteiger partial charge in [-0.15, -0.1) is 0 Å². The van der Waals surface area contributed by atoms with Crippen molar-refractivity contribution in [2.75, 3.05) is 39.6 Å². The number of ether oxygens (including phenoxy) is 4. The monoisotopic (exact) mass is 1230 g/mol. The van der Waals surface area contributed by atoms with Crippen LogP contribution in [0.15, 0.2) is 0 Å². The van der Waals surface area contributed by atoms with Gasteiger partial charge < -0.3 is 33.8 Å². The molecule has 6 atom stereocenters. The van der Waals surface area contributed by atoms with Gasteiger partial charge in [-0.2, -0.15) is 0 Å². The molecule has 492 valence electrons. The molecule has 0 aliphatic heterocycles. The Labute approximate surface area is 505 Å². The maximum absolute atomic E-state index is 13.0. The molecule has 0 saturated carbocycles. The van der Waals surface area contributed by atoms with Crippen LogP contribution in [0, 0.1) is 17.8 Å². The lowest BCUT2D eigenvalue weighted by molar-refractivity contribution is -0.161. The third-order valence-electron chi connectivity index (χ3n) is 15.0. The van der Waals surface area contributed by atoms with E-state index in [1.807, 2.05) is 0 Å². The molecule has 0 aromatic heterocycles. The van der Waals surface area contributed by atoms with E-state index in [1.165, 1.54) is 116 Å². The Morgan fingerprint density at radius 3 is 0.916 bits per heavy atom. The SMILES string of the molecule is CCCCCCCCCCC(=O)OC[C@H](COP(=O)(O)OC[C@H](O)COP(=O)(O)OC[C@@H](COC(=O)CCCCCCCCCCC(C)C)OC(=O)CCCCCCCCCCCCCC(C)C)OC(=O)CCCCCCCCC(C)CC. The highest BCUT2D eigenvalue weighted by atomic mass is 31.2. The first kappa shape index (κ1) is 81.1. The van der Waals surface area contributed by atoms with E-state index in [2.05, 4.69) is 48.5 Å². The van der Waals surface area contributed by atoms with Gasteiger partial charge in [0.15, 0.2) is 12.2 Å². The molecule has 0 fully saturated rings. The van der Waals surface area contributed by atoms with Gasteiger partial charge in [0.25, 0.3) is 0 Å². The predicted octanol–water partition coefficient (Wildman–Crippen LogP) is 17.5. The summed E-state index contributed by atoms with van der Waals surface area (Å²) in [5, 5.41) is 10.5. The molecule has 0 bridgehead atoms. The molecule has 0 saturated heterocycles. The summed E-state index contributed by atoms with van der Waals surface area (Å²) in [5.41, 5.74) is 0. The zero-order valence-corrected chi connectivity index (χ0v) is 55.4. The highest BCUT2D eigenvalue weighted by Gasteiger charge is 2.30. The second-order valence-electron chi connectivity index (χ2n) is 24.3. The number of phosphoric acid groups is 2. The van der Waals surface area contributed by atoms with Crippen molar-refractivity contribution in [2.45, 2.75) is 330 Å². The average molecular weight is 1230 g/mol. The van der Waals surface area contributed by atoms with Crippen molar-refractivity contribution >= 4 is 39.5 Å². The number of aliphatic hydroxyl groups excluding tert-OH is 1. The third kappa shape index (κ3) is 57.6. The number of rotatable bonds is 62. The predicted molar refractivity (Wildman–Crippen MR) is 331 cm³/mol. The molecule has 83 heavy (non-hydrogen) atoms. The van der Waals surface area contributed by atoms with Crippen molar-refractivity contribution in [1.29, 1.82) is 0 Å². The number of esters is 4. The van der Waals surface area contributed by atoms with Crippen LogP contribution in [0.4, 0.5) is 0 Å². The zero-order valence-electron chi connectivity index (χ0n) is 53.6. The molecule has 0 aliphatic carbocycles. The molecule has 17 nitrogen and oxygen atoms in total. The molecule has 0 aromatic rings. The van der Waals surface area contributed by atoms with Gasteiger partial charge in [-0.3, -0.25) is 37.3 Å². The summed E-state index contributed by atoms with van der Waals surface area (Å²) >= 11 is 0. The van der Waals surface area contributed by atoms with Gasteiger partial charge >= 0.3 is 39.5 Å². The van der Waals surface area contributed by atoms with Crippen LogP contribution >= 0.6 is 15.6 Å². The Morgan fingerprint density at radius 1 is 0.349 bits per heavy atom. The topological polar surface area (TPSA) is 237 Å². The molecule has 0 aliphatic rings. The molecule has 0 heterocycles. The Hall–Kier alpha value is -1.94. The van der Waals surface area contributed by atoms with E-state index in [9.17, 15) is 43.2 Å². The Kier molecular flexibility index (Phi) is 54.1. The first-order valence-corrected chi connectivity index (χ1v) is 36.4. The van der Waals surface area contributed by atoms with E-state index in [0.29, 0.717) is 25.7 Å². The molecule has 3 N–H and O–H groups in total. The van der Waals surface area contributed by atoms with E-state index < -0.39 is 97.5 Å². The molecule has 0 amide bonds. The van der Waals surface area contributed by atoms with Gasteiger partial charge in [0.2, 0.25) is 0 Å². The van der Waals surface area contributed by atoms with Crippen LogP contribution in [-0.4, -0.2) is 96.7 Å². The summed E-state index contributed by atoms with van der Waals surface area (Å²) in [7, 11) is -9.89. The molecule has 0 rings (SSSR count). The number of hydrogen-bond acceptors (Lipinski definition) is 15. The number of phosphoric ester groups is 2. The lowest BCUT2D eigenvalue weighted by Gasteiger charge is -2.21. The normalized spacial score (nSPS) is 14.7. The fraction of sp³-hybridized carbons (Fsp3) is 0.938. The molecule has 3 unspecified atom stereocenters. The quantitative estimate of drug-likeness (QED) is 0.0222. The Morgan fingerprint density at radius 2 is 0.614 bits per heavy atom. The van der Waals surface area contributed by atoms with E-state index in [0.717, 1.165) is 114 Å². The van der Waals surface area contributed by atoms with Crippen molar-refractivity contribution in [3.63, 3.8) is 0 Å². The number of carbonyl (C=O) groups excluding carboxylic acids is 4. The van der Waals surface area contributed by atoms with Gasteiger partial charge in [0.05, 0.1) is 26.4 Å². The molecule has 0 radical (unpaired) electrons. The Balaban J connectivity index is 5.24. The summed E-state index contributed by atoms with van der Waals surface area (Å²) < 4.78 is 67.9. The maximum Gasteiger partial charge on any atom is 0.472 e. The van der Waals surface area contributed by atoms with E-state index >= 15 is 0 Å². The van der Waals surface area contributed by atoms with Crippen LogP contribution in [0.25, 0.3) is 0 Å². The standard InChI is InChI=1S/C64H124O17P2/c1-8-10-11-12-13-23-31-38-45-61(66)74-52-60(81-64(69)48-41-34-27-26-30-37-44-57(7)9-2)54-79-83(72,73)77-50-58(65)49-76-82(70,71)78-53-59(51-75-62(67)46-39-32-24-20-19-22-29-36-43-56(5)6)80-63(68)47-40-33-25-18-16-14-15-17-21-28-35-42-55(3)4/h55-60,65H,8-54H2,1-7H3,(H,70,71)(H,72,73)/t57?,58-,59-,60-/m1/s1. The van der Waals surface area contributed by atoms with Gasteiger partial charge in [0, 0.05) is 25.7 Å². The molecule has 19 heteroatoms. The van der Waals surface area contributed by atoms with Crippen molar-refractivity contribution in [2.24, 2.45) is 17.8 Å². The van der Waals surface area contributed by atoms with Gasteiger partial charge in [-0.25, -0.2) is 9.13 Å². The van der Waals surface area contributed by atoms with Crippen molar-refractivity contribution in [1.82, 2.24) is 0 Å². The minimum atomic E-state index is -4.95. The fourth-order valence-corrected chi connectivity index (χ4v) is 11.0. The highest BCUT2D eigenvalue weighted by Crippen LogP contribution is 2.45. The molecule has 0 aromatic carbocycles. The summed E-state index contributed by atoms with van der Waals surface area (Å²) in [6.07, 6.45) is 36.3. The van der Waals surface area contributed by atoms with E-state index in [4.69, 9.17) is 37.0 Å². The van der Waals surface area contributed by atoms with Gasteiger partial charge in [0.1, 0.15) is 19.3 Å². The Bertz CT molecular complexity index is 1650. The van der Waals surface area contributed by atoms with Crippen molar-refractivity contribution in [3.8, 4) is 0 Å². The van der Waals surface area contributed by atoms with E-state index in [1.54, 1.807) is 0 Å². The highest BCUT2D eigenvalue weighted by molar-refractivity contribution is 7.47. The number of aliphatic hydroxyl groups is 1. The first-order chi connectivity index (χ1) is 39.8. The minimum absolute atomic E-state index is 0.102. The van der Waals surface area contributed by atoms with E-state index in [-0.39, 0.29) is 25.7 Å². The first-order valence-electron chi connectivity index (χ1n) is 33.4. The molecular formula is C64H124O17P2. The van der Waals surface area contributed by atoms with Gasteiger partial charge in [-0.05, 0) is 43.4 Å². The van der Waals surface area contributed by atoms with Gasteiger partial charge in [-0.1, -0.05) is 260 Å². The zero-order chi connectivity index (χ0) is 61.7. The summed E-state index contributed by atoms with van der Waals surface area (Å²) in [6.45, 7) is 11.7. The van der Waals surface area contributed by atoms with Crippen LogP contribution in [0.1, 0.15) is 312 Å². The van der Waals surface area contributed by atoms with Crippen LogP contribution in [-0.2, 0) is 65.4 Å². The average Bonchev–Trinajstić information content (AvgIpc) is 3.44. The number of carbonyl (C=O) groups is 4. The second kappa shape index (κ2) is 55.4. The summed E-state index contributed by atoms with van der Waals surface area (Å²) in [4.78, 5) is 72.1. The van der Waals surface area contributed by atoms with Crippen LogP contribution < -0.4 is 0 Å². The van der Waals surface area contributed by atoms with Crippen molar-refractivity contribution < 1.29 is 80.2 Å². The van der Waals surface area contributed by atoms with Crippen LogP contribution in [0.5, 0.6) is 0 Å². The lowest BCUT2D eigenvalue weighted by Crippen LogP contribution is -2.30. The van der Waals surface area contributed by atoms with Crippen LogP contribution in [0.3, 0.4) is 0 Å². The van der Waals surface area contributed by atoms with Crippen molar-refractivity contribution in [3.05, 3.63) is 0 Å². The molecule has 0 spiro atoms. The second-order valence-corrected chi connectivity index (χ2v) is 27.3.